The van der Waals surface area contributed by atoms with Crippen molar-refractivity contribution in [2.75, 3.05) is 7.11 Å². The molecule has 19 heavy (non-hydrogen) atoms. The monoisotopic (exact) mass is 324 g/mol. The van der Waals surface area contributed by atoms with E-state index in [1.54, 1.807) is 7.11 Å². The Hall–Kier alpha value is -0.830. The van der Waals surface area contributed by atoms with Crippen molar-refractivity contribution in [2.45, 2.75) is 45.4 Å². The van der Waals surface area contributed by atoms with Crippen molar-refractivity contribution in [2.24, 2.45) is 5.41 Å². The van der Waals surface area contributed by atoms with Crippen molar-refractivity contribution in [3.05, 3.63) is 28.2 Å². The lowest BCUT2D eigenvalue weighted by Gasteiger charge is -2.26. The summed E-state index contributed by atoms with van der Waals surface area (Å²) in [5.74, 6) is 1.20. The molecular weight excluding hydrogens is 304 g/mol. The number of rotatable bonds is 5. The van der Waals surface area contributed by atoms with Crippen LogP contribution in [0.4, 0.5) is 0 Å². The van der Waals surface area contributed by atoms with Crippen molar-refractivity contribution in [1.82, 2.24) is 0 Å². The predicted octanol–water partition coefficient (Wildman–Crippen LogP) is 4.54. The first-order chi connectivity index (χ1) is 9.11. The summed E-state index contributed by atoms with van der Waals surface area (Å²) in [6.07, 6.45) is 5.98. The fraction of sp³-hybridized carbons (Fsp3) is 0.562. The molecule has 104 valence electrons. The van der Waals surface area contributed by atoms with Crippen LogP contribution in [0.15, 0.2) is 22.7 Å². The van der Waals surface area contributed by atoms with Gasteiger partial charge in [0.15, 0.2) is 0 Å². The molecule has 1 saturated carbocycles. The van der Waals surface area contributed by atoms with Crippen LogP contribution in [0.3, 0.4) is 0 Å². The number of hydrogen-bond donors (Lipinski definition) is 0. The normalized spacial score (nSPS) is 17.4. The first-order valence-corrected chi connectivity index (χ1v) is 7.76. The fourth-order valence-electron chi connectivity index (χ4n) is 3.06. The molecule has 0 unspecified atom stereocenters. The highest BCUT2D eigenvalue weighted by atomic mass is 79.9. The molecule has 0 amide bonds. The van der Waals surface area contributed by atoms with E-state index in [2.05, 4.69) is 22.9 Å². The van der Waals surface area contributed by atoms with Gasteiger partial charge in [-0.05, 0) is 43.0 Å². The van der Waals surface area contributed by atoms with E-state index in [0.29, 0.717) is 12.2 Å². The molecule has 0 bridgehead atoms. The van der Waals surface area contributed by atoms with Crippen molar-refractivity contribution in [3.8, 4) is 5.75 Å². The topological polar surface area (TPSA) is 26.3 Å². The Labute approximate surface area is 123 Å². The molecule has 1 aliphatic rings. The third kappa shape index (κ3) is 3.02. The van der Waals surface area contributed by atoms with E-state index < -0.39 is 0 Å². The van der Waals surface area contributed by atoms with Crippen molar-refractivity contribution >= 4 is 21.7 Å². The summed E-state index contributed by atoms with van der Waals surface area (Å²) >= 11 is 3.53. The van der Waals surface area contributed by atoms with E-state index in [9.17, 15) is 4.79 Å². The summed E-state index contributed by atoms with van der Waals surface area (Å²) in [5.41, 5.74) is 0.965. The van der Waals surface area contributed by atoms with Crippen LogP contribution in [0, 0.1) is 5.41 Å². The Morgan fingerprint density at radius 1 is 1.37 bits per heavy atom. The summed E-state index contributed by atoms with van der Waals surface area (Å²) in [7, 11) is 1.65. The van der Waals surface area contributed by atoms with Crippen LogP contribution < -0.4 is 4.74 Å². The van der Waals surface area contributed by atoms with Crippen molar-refractivity contribution in [1.29, 1.82) is 0 Å². The van der Waals surface area contributed by atoms with Gasteiger partial charge in [-0.25, -0.2) is 0 Å². The standard InChI is InChI=1S/C16H21BrO2/c1-3-16(8-4-5-9-16)15(18)11-12-10-13(19-2)6-7-14(12)17/h6-7,10H,3-5,8-9,11H2,1-2H3. The zero-order valence-electron chi connectivity index (χ0n) is 11.7. The molecule has 2 rings (SSSR count). The van der Waals surface area contributed by atoms with Gasteiger partial charge in [0.25, 0.3) is 0 Å². The van der Waals surface area contributed by atoms with Gasteiger partial charge in [-0.1, -0.05) is 35.7 Å². The van der Waals surface area contributed by atoms with Crippen LogP contribution in [0.5, 0.6) is 5.75 Å². The van der Waals surface area contributed by atoms with Crippen LogP contribution in [-0.2, 0) is 11.2 Å². The maximum Gasteiger partial charge on any atom is 0.143 e. The lowest BCUT2D eigenvalue weighted by atomic mass is 9.77. The number of benzene rings is 1. The molecule has 3 heteroatoms. The second kappa shape index (κ2) is 6.08. The van der Waals surface area contributed by atoms with Crippen molar-refractivity contribution < 1.29 is 9.53 Å². The van der Waals surface area contributed by atoms with Crippen LogP contribution in [0.2, 0.25) is 0 Å². The Morgan fingerprint density at radius 2 is 2.05 bits per heavy atom. The number of halogens is 1. The van der Waals surface area contributed by atoms with Crippen molar-refractivity contribution in [3.63, 3.8) is 0 Å². The Morgan fingerprint density at radius 3 is 2.63 bits per heavy atom. The summed E-state index contributed by atoms with van der Waals surface area (Å²) < 4.78 is 6.23. The molecule has 0 heterocycles. The largest absolute Gasteiger partial charge is 0.497 e. The first-order valence-electron chi connectivity index (χ1n) is 6.97. The zero-order chi connectivity index (χ0) is 13.9. The molecule has 1 fully saturated rings. The highest BCUT2D eigenvalue weighted by Gasteiger charge is 2.38. The minimum absolute atomic E-state index is 0.0669. The number of hydrogen-bond acceptors (Lipinski definition) is 2. The third-order valence-corrected chi connectivity index (χ3v) is 5.21. The molecule has 0 spiro atoms. The summed E-state index contributed by atoms with van der Waals surface area (Å²) in [4.78, 5) is 12.7. The predicted molar refractivity (Wildman–Crippen MR) is 80.6 cm³/mol. The fourth-order valence-corrected chi connectivity index (χ4v) is 3.44. The minimum atomic E-state index is -0.0669. The van der Waals surface area contributed by atoms with Gasteiger partial charge in [-0.3, -0.25) is 4.79 Å². The highest BCUT2D eigenvalue weighted by Crippen LogP contribution is 2.42. The van der Waals surface area contributed by atoms with Crippen LogP contribution in [0.1, 0.15) is 44.6 Å². The van der Waals surface area contributed by atoms with Gasteiger partial charge >= 0.3 is 0 Å². The maximum atomic E-state index is 12.7. The second-order valence-corrected chi connectivity index (χ2v) is 6.25. The summed E-state index contributed by atoms with van der Waals surface area (Å²) in [5, 5.41) is 0. The van der Waals surface area contributed by atoms with Gasteiger partial charge in [0.05, 0.1) is 7.11 Å². The van der Waals surface area contributed by atoms with Gasteiger partial charge < -0.3 is 4.74 Å². The molecule has 1 aromatic carbocycles. The quantitative estimate of drug-likeness (QED) is 0.794. The molecule has 0 aliphatic heterocycles. The van der Waals surface area contributed by atoms with E-state index in [1.165, 1.54) is 12.8 Å². The molecule has 1 aromatic rings. The van der Waals surface area contributed by atoms with Gasteiger partial charge in [0.2, 0.25) is 0 Å². The molecule has 0 N–H and O–H groups in total. The van der Waals surface area contributed by atoms with E-state index >= 15 is 0 Å². The molecule has 2 nitrogen and oxygen atoms in total. The van der Waals surface area contributed by atoms with Crippen LogP contribution >= 0.6 is 15.9 Å². The van der Waals surface area contributed by atoms with E-state index in [4.69, 9.17) is 4.74 Å². The zero-order valence-corrected chi connectivity index (χ0v) is 13.3. The van der Waals surface area contributed by atoms with Gasteiger partial charge in [0, 0.05) is 16.3 Å². The average Bonchev–Trinajstić information content (AvgIpc) is 2.91. The first kappa shape index (κ1) is 14.6. The molecule has 1 aliphatic carbocycles. The van der Waals surface area contributed by atoms with Crippen LogP contribution in [-0.4, -0.2) is 12.9 Å². The highest BCUT2D eigenvalue weighted by molar-refractivity contribution is 9.10. The number of Topliss-reactive ketones (excluding diaryl/α,β-unsaturated/α-hetero) is 1. The average molecular weight is 325 g/mol. The SMILES string of the molecule is CCC1(C(=O)Cc2cc(OC)ccc2Br)CCCC1. The minimum Gasteiger partial charge on any atom is -0.497 e. The van der Waals surface area contributed by atoms with Gasteiger partial charge in [-0.2, -0.15) is 0 Å². The summed E-state index contributed by atoms with van der Waals surface area (Å²) in [6.45, 7) is 2.14. The van der Waals surface area contributed by atoms with Gasteiger partial charge in [0.1, 0.15) is 11.5 Å². The second-order valence-electron chi connectivity index (χ2n) is 5.40. The lowest BCUT2D eigenvalue weighted by molar-refractivity contribution is -0.128. The molecule has 0 aromatic heterocycles. The molecule has 0 radical (unpaired) electrons. The summed E-state index contributed by atoms with van der Waals surface area (Å²) in [6, 6.07) is 5.82. The third-order valence-electron chi connectivity index (χ3n) is 4.43. The van der Waals surface area contributed by atoms with E-state index in [0.717, 1.165) is 35.0 Å². The molecule has 0 saturated heterocycles. The van der Waals surface area contributed by atoms with E-state index in [-0.39, 0.29) is 5.41 Å². The maximum absolute atomic E-state index is 12.7. The molecule has 0 atom stereocenters. The number of carbonyl (C=O) groups excluding carboxylic acids is 1. The number of carbonyl (C=O) groups is 1. The van der Waals surface area contributed by atoms with Crippen LogP contribution in [0.25, 0.3) is 0 Å². The Bertz CT molecular complexity index is 462. The van der Waals surface area contributed by atoms with Gasteiger partial charge in [-0.15, -0.1) is 0 Å². The lowest BCUT2D eigenvalue weighted by Crippen LogP contribution is -2.28. The van der Waals surface area contributed by atoms with E-state index in [1.807, 2.05) is 18.2 Å². The number of ether oxygens (including phenoxy) is 1. The molecular formula is C16H21BrO2. The Kier molecular flexibility index (Phi) is 4.67. The smallest absolute Gasteiger partial charge is 0.143 e. The Balaban J connectivity index is 2.18. The number of ketones is 1. The number of methoxy groups -OCH3 is 1.